The number of carbonyl (C=O) groups excluding carboxylic acids is 2. The summed E-state index contributed by atoms with van der Waals surface area (Å²) in [5.41, 5.74) is 0.264. The minimum Gasteiger partial charge on any atom is -0.493 e. The van der Waals surface area contributed by atoms with Crippen molar-refractivity contribution in [2.24, 2.45) is 5.92 Å². The smallest absolute Gasteiger partial charge is 0.323 e. The Morgan fingerprint density at radius 1 is 1.03 bits per heavy atom. The van der Waals surface area contributed by atoms with Crippen molar-refractivity contribution in [2.45, 2.75) is 38.5 Å². The SMILES string of the molecule is O=C(Nc1cnccn1)N1CCN(C(=O)c2cc(F)cc(OCCC3CCCCC3)c2)CC1. The number of nitrogens with one attached hydrogen (secondary N) is 1. The molecule has 2 aromatic rings. The molecule has 33 heavy (non-hydrogen) atoms. The van der Waals surface area contributed by atoms with Crippen LogP contribution < -0.4 is 10.1 Å². The summed E-state index contributed by atoms with van der Waals surface area (Å²) in [7, 11) is 0. The fourth-order valence-electron chi connectivity index (χ4n) is 4.44. The molecule has 1 aliphatic heterocycles. The minimum atomic E-state index is -0.490. The van der Waals surface area contributed by atoms with Crippen LogP contribution in [-0.2, 0) is 0 Å². The van der Waals surface area contributed by atoms with E-state index >= 15 is 0 Å². The average molecular weight is 456 g/mol. The molecule has 176 valence electrons. The van der Waals surface area contributed by atoms with Crippen LogP contribution in [0.25, 0.3) is 0 Å². The van der Waals surface area contributed by atoms with Crippen LogP contribution >= 0.6 is 0 Å². The van der Waals surface area contributed by atoms with Gasteiger partial charge in [-0.15, -0.1) is 0 Å². The van der Waals surface area contributed by atoms with Gasteiger partial charge < -0.3 is 14.5 Å². The number of halogens is 1. The predicted molar refractivity (Wildman–Crippen MR) is 122 cm³/mol. The van der Waals surface area contributed by atoms with E-state index in [1.807, 2.05) is 0 Å². The van der Waals surface area contributed by atoms with Crippen molar-refractivity contribution in [2.75, 3.05) is 38.1 Å². The molecule has 1 N–H and O–H groups in total. The summed E-state index contributed by atoms with van der Waals surface area (Å²) in [6.07, 6.45) is 11.8. The van der Waals surface area contributed by atoms with Crippen molar-refractivity contribution >= 4 is 17.8 Å². The van der Waals surface area contributed by atoms with E-state index in [1.54, 1.807) is 15.9 Å². The van der Waals surface area contributed by atoms with Crippen molar-refractivity contribution in [3.05, 3.63) is 48.2 Å². The molecule has 2 aliphatic rings. The first-order valence-corrected chi connectivity index (χ1v) is 11.6. The highest BCUT2D eigenvalue weighted by molar-refractivity contribution is 5.95. The largest absolute Gasteiger partial charge is 0.493 e. The van der Waals surface area contributed by atoms with Gasteiger partial charge in [0.15, 0.2) is 5.82 Å². The normalized spacial score (nSPS) is 17.0. The highest BCUT2D eigenvalue weighted by atomic mass is 19.1. The van der Waals surface area contributed by atoms with Gasteiger partial charge >= 0.3 is 6.03 Å². The molecule has 1 aromatic heterocycles. The zero-order chi connectivity index (χ0) is 23.0. The zero-order valence-electron chi connectivity index (χ0n) is 18.7. The monoisotopic (exact) mass is 455 g/mol. The number of nitrogens with zero attached hydrogens (tertiary/aromatic N) is 4. The predicted octanol–water partition coefficient (Wildman–Crippen LogP) is 3.95. The van der Waals surface area contributed by atoms with Crippen LogP contribution in [0.3, 0.4) is 0 Å². The molecule has 9 heteroatoms. The summed E-state index contributed by atoms with van der Waals surface area (Å²) >= 11 is 0. The second kappa shape index (κ2) is 11.1. The molecule has 0 atom stereocenters. The number of hydrogen-bond acceptors (Lipinski definition) is 5. The lowest BCUT2D eigenvalue weighted by molar-refractivity contribution is 0.0670. The number of piperazine rings is 1. The molecule has 1 aromatic carbocycles. The number of carbonyl (C=O) groups is 2. The summed E-state index contributed by atoms with van der Waals surface area (Å²) in [6.45, 7) is 2.00. The van der Waals surface area contributed by atoms with Crippen LogP contribution in [0.2, 0.25) is 0 Å². The lowest BCUT2D eigenvalue weighted by Crippen LogP contribution is -2.51. The Hall–Kier alpha value is -3.23. The van der Waals surface area contributed by atoms with Gasteiger partial charge in [-0.3, -0.25) is 15.1 Å². The topological polar surface area (TPSA) is 87.7 Å². The quantitative estimate of drug-likeness (QED) is 0.713. The van der Waals surface area contributed by atoms with Crippen LogP contribution in [0, 0.1) is 11.7 Å². The highest BCUT2D eigenvalue weighted by Crippen LogP contribution is 2.27. The van der Waals surface area contributed by atoms with E-state index in [0.717, 1.165) is 6.42 Å². The fourth-order valence-corrected chi connectivity index (χ4v) is 4.44. The summed E-state index contributed by atoms with van der Waals surface area (Å²) in [4.78, 5) is 36.5. The molecule has 0 bridgehead atoms. The Morgan fingerprint density at radius 2 is 1.79 bits per heavy atom. The molecule has 8 nitrogen and oxygen atoms in total. The van der Waals surface area contributed by atoms with Crippen molar-refractivity contribution in [3.63, 3.8) is 0 Å². The number of hydrogen-bond donors (Lipinski definition) is 1. The molecular formula is C24H30FN5O3. The van der Waals surface area contributed by atoms with Crippen LogP contribution in [0.5, 0.6) is 5.75 Å². The molecule has 2 heterocycles. The molecule has 4 rings (SSSR count). The average Bonchev–Trinajstić information content (AvgIpc) is 2.84. The van der Waals surface area contributed by atoms with Crippen LogP contribution in [-0.4, -0.2) is 64.5 Å². The molecule has 3 amide bonds. The Labute approximate surface area is 193 Å². The Bertz CT molecular complexity index is 944. The van der Waals surface area contributed by atoms with Crippen LogP contribution in [0.1, 0.15) is 48.9 Å². The molecular weight excluding hydrogens is 425 g/mol. The Kier molecular flexibility index (Phi) is 7.70. The Balaban J connectivity index is 1.28. The van der Waals surface area contributed by atoms with Gasteiger partial charge in [-0.1, -0.05) is 32.1 Å². The summed E-state index contributed by atoms with van der Waals surface area (Å²) in [5, 5.41) is 2.69. The first-order valence-electron chi connectivity index (χ1n) is 11.6. The van der Waals surface area contributed by atoms with E-state index in [0.29, 0.717) is 50.3 Å². The van der Waals surface area contributed by atoms with Crippen molar-refractivity contribution in [1.82, 2.24) is 19.8 Å². The molecule has 2 fully saturated rings. The lowest BCUT2D eigenvalue weighted by Gasteiger charge is -2.34. The van der Waals surface area contributed by atoms with E-state index < -0.39 is 5.82 Å². The number of urea groups is 1. The van der Waals surface area contributed by atoms with Crippen molar-refractivity contribution in [1.29, 1.82) is 0 Å². The number of amides is 3. The van der Waals surface area contributed by atoms with E-state index in [4.69, 9.17) is 4.74 Å². The van der Waals surface area contributed by atoms with Gasteiger partial charge in [0.1, 0.15) is 11.6 Å². The third-order valence-corrected chi connectivity index (χ3v) is 6.29. The van der Waals surface area contributed by atoms with Gasteiger partial charge in [0.05, 0.1) is 12.8 Å². The minimum absolute atomic E-state index is 0.263. The molecule has 1 saturated heterocycles. The third kappa shape index (κ3) is 6.40. The van der Waals surface area contributed by atoms with Crippen LogP contribution in [0.15, 0.2) is 36.8 Å². The summed E-state index contributed by atoms with van der Waals surface area (Å²) in [6, 6.07) is 3.89. The van der Waals surface area contributed by atoms with Gasteiger partial charge in [0.25, 0.3) is 5.91 Å². The number of rotatable bonds is 6. The molecule has 0 spiro atoms. The molecule has 0 unspecified atom stereocenters. The summed E-state index contributed by atoms with van der Waals surface area (Å²) in [5.74, 6) is 0.680. The lowest BCUT2D eigenvalue weighted by atomic mass is 9.87. The van der Waals surface area contributed by atoms with E-state index in [1.165, 1.54) is 62.8 Å². The van der Waals surface area contributed by atoms with Crippen molar-refractivity contribution in [3.8, 4) is 5.75 Å². The second-order valence-electron chi connectivity index (χ2n) is 8.62. The first-order chi connectivity index (χ1) is 16.1. The maximum atomic E-state index is 14.2. The first kappa shape index (κ1) is 22.9. The molecule has 1 aliphatic carbocycles. The van der Waals surface area contributed by atoms with E-state index in [9.17, 15) is 14.0 Å². The fraction of sp³-hybridized carbons (Fsp3) is 0.500. The van der Waals surface area contributed by atoms with Gasteiger partial charge in [0, 0.05) is 50.2 Å². The third-order valence-electron chi connectivity index (χ3n) is 6.29. The van der Waals surface area contributed by atoms with E-state index in [2.05, 4.69) is 15.3 Å². The number of benzene rings is 1. The van der Waals surface area contributed by atoms with E-state index in [-0.39, 0.29) is 17.5 Å². The Morgan fingerprint density at radius 3 is 2.52 bits per heavy atom. The maximum Gasteiger partial charge on any atom is 0.323 e. The zero-order valence-corrected chi connectivity index (χ0v) is 18.7. The maximum absolute atomic E-state index is 14.2. The number of aromatic nitrogens is 2. The molecule has 1 saturated carbocycles. The van der Waals surface area contributed by atoms with Crippen molar-refractivity contribution < 1.29 is 18.7 Å². The van der Waals surface area contributed by atoms with Gasteiger partial charge in [0.2, 0.25) is 0 Å². The number of anilines is 1. The standard InChI is InChI=1S/C24H30FN5O3/c25-20-14-19(15-21(16-20)33-13-6-18-4-2-1-3-5-18)23(31)29-9-11-30(12-10-29)24(32)28-22-17-26-7-8-27-22/h7-8,14-18H,1-6,9-13H2,(H,27,28,32). The van der Waals surface area contributed by atoms with Crippen LogP contribution in [0.4, 0.5) is 15.0 Å². The number of ether oxygens (including phenoxy) is 1. The van der Waals surface area contributed by atoms with Gasteiger partial charge in [-0.05, 0) is 24.5 Å². The van der Waals surface area contributed by atoms with Gasteiger partial charge in [-0.2, -0.15) is 0 Å². The second-order valence-corrected chi connectivity index (χ2v) is 8.62. The summed E-state index contributed by atoms with van der Waals surface area (Å²) < 4.78 is 20.0. The highest BCUT2D eigenvalue weighted by Gasteiger charge is 2.26. The molecule has 0 radical (unpaired) electrons. The van der Waals surface area contributed by atoms with Gasteiger partial charge in [-0.25, -0.2) is 14.2 Å².